The average molecular weight is 249 g/mol. The summed E-state index contributed by atoms with van der Waals surface area (Å²) < 4.78 is 5.24. The Morgan fingerprint density at radius 3 is 1.93 bits per heavy atom. The second-order valence-electron chi connectivity index (χ2n) is 4.27. The molecule has 0 amide bonds. The molecule has 0 fully saturated rings. The summed E-state index contributed by atoms with van der Waals surface area (Å²) in [6.45, 7) is 11.9. The molecule has 0 atom stereocenters. The molecule has 0 aliphatic heterocycles. The summed E-state index contributed by atoms with van der Waals surface area (Å²) >= 11 is 1.76. The van der Waals surface area contributed by atoms with Crippen LogP contribution in [0, 0.1) is 5.41 Å². The van der Waals surface area contributed by atoms with Crippen LogP contribution in [0.5, 0.6) is 0 Å². The van der Waals surface area contributed by atoms with Crippen LogP contribution in [0.15, 0.2) is 22.3 Å². The molecule has 0 heterocycles. The Labute approximate surface area is 105 Å². The zero-order valence-corrected chi connectivity index (χ0v) is 11.8. The van der Waals surface area contributed by atoms with Gasteiger partial charge in [-0.05, 0) is 0 Å². The molecule has 0 saturated carbocycles. The van der Waals surface area contributed by atoms with Crippen molar-refractivity contribution in [3.05, 3.63) is 22.3 Å². The van der Waals surface area contributed by atoms with Crippen LogP contribution < -0.4 is 12.4 Å². The van der Waals surface area contributed by atoms with Gasteiger partial charge in [-0.2, -0.15) is 0 Å². The average Bonchev–Trinajstić information content (AvgIpc) is 2.20. The number of halogens is 1. The standard InChI is InChI=1S/C11H17O.ClH.Ti/c1-7-8(2)10(6-12)11(4,5)9(7)3;;/h6H2,1-5H3;1H;/q-1;;+2/p-1. The fraction of sp³-hybridized carbons (Fsp3) is 0.636. The molecular weight excluding hydrogens is 231 g/mol. The van der Waals surface area contributed by atoms with Crippen LogP contribution in [0.2, 0.25) is 0 Å². The Kier molecular flexibility index (Phi) is 5.14. The molecular formula is C11H17ClOTi. The first kappa shape index (κ1) is 14.4. The van der Waals surface area contributed by atoms with Crippen LogP contribution in [0.4, 0.5) is 0 Å². The number of hydrogen-bond acceptors (Lipinski definition) is 1. The second-order valence-corrected chi connectivity index (χ2v) is 4.72. The van der Waals surface area contributed by atoms with Gasteiger partial charge in [-0.15, -0.1) is 0 Å². The molecule has 0 saturated heterocycles. The predicted octanol–water partition coefficient (Wildman–Crippen LogP) is 0.161. The Morgan fingerprint density at radius 2 is 1.64 bits per heavy atom. The van der Waals surface area contributed by atoms with Crippen molar-refractivity contribution in [3.8, 4) is 0 Å². The molecule has 0 unspecified atom stereocenters. The first-order valence-corrected chi connectivity index (χ1v) is 5.23. The van der Waals surface area contributed by atoms with Crippen molar-refractivity contribution < 1.29 is 36.5 Å². The van der Waals surface area contributed by atoms with Gasteiger partial charge in [0.25, 0.3) is 0 Å². The van der Waals surface area contributed by atoms with E-state index < -0.39 is 0 Å². The quantitative estimate of drug-likeness (QED) is 0.633. The second kappa shape index (κ2) is 4.98. The molecule has 1 nitrogen and oxygen atoms in total. The predicted molar refractivity (Wildman–Crippen MR) is 50.8 cm³/mol. The van der Waals surface area contributed by atoms with Gasteiger partial charge in [-0.3, -0.25) is 0 Å². The van der Waals surface area contributed by atoms with Crippen LogP contribution in [0.25, 0.3) is 0 Å². The van der Waals surface area contributed by atoms with Gasteiger partial charge in [-0.1, -0.05) is 0 Å². The van der Waals surface area contributed by atoms with Crippen LogP contribution in [-0.4, -0.2) is 6.61 Å². The van der Waals surface area contributed by atoms with Gasteiger partial charge in [0.1, 0.15) is 0 Å². The van der Waals surface area contributed by atoms with Gasteiger partial charge in [0.2, 0.25) is 0 Å². The maximum Gasteiger partial charge on any atom is -1.00 e. The Balaban J connectivity index is 0.00000169. The SMILES string of the molecule is CC1=C(C)C(C)(C)C(C[O][Ti+])=C1C.[Cl-]. The van der Waals surface area contributed by atoms with Crippen LogP contribution in [0.1, 0.15) is 34.6 Å². The smallest absolute Gasteiger partial charge is 1.00 e. The van der Waals surface area contributed by atoms with E-state index >= 15 is 0 Å². The van der Waals surface area contributed by atoms with Crippen molar-refractivity contribution in [2.75, 3.05) is 6.61 Å². The van der Waals surface area contributed by atoms with E-state index in [0.717, 1.165) is 6.61 Å². The third kappa shape index (κ3) is 2.16. The summed E-state index contributed by atoms with van der Waals surface area (Å²) in [4.78, 5) is 0. The fourth-order valence-corrected chi connectivity index (χ4v) is 2.26. The third-order valence-electron chi connectivity index (χ3n) is 3.49. The van der Waals surface area contributed by atoms with Crippen molar-refractivity contribution in [2.45, 2.75) is 34.6 Å². The summed E-state index contributed by atoms with van der Waals surface area (Å²) in [7, 11) is 0. The van der Waals surface area contributed by atoms with E-state index in [1.165, 1.54) is 22.3 Å². The number of allylic oxidation sites excluding steroid dienone is 3. The number of hydrogen-bond donors (Lipinski definition) is 0. The van der Waals surface area contributed by atoms with Crippen molar-refractivity contribution in [1.29, 1.82) is 0 Å². The van der Waals surface area contributed by atoms with Crippen LogP contribution in [-0.2, 0) is 24.1 Å². The van der Waals surface area contributed by atoms with Crippen LogP contribution in [0.3, 0.4) is 0 Å². The Morgan fingerprint density at radius 1 is 1.14 bits per heavy atom. The Bertz CT molecular complexity index is 290. The summed E-state index contributed by atoms with van der Waals surface area (Å²) in [5.41, 5.74) is 5.98. The Hall–Kier alpha value is 0.444. The van der Waals surface area contributed by atoms with Gasteiger partial charge in [-0.25, -0.2) is 0 Å². The van der Waals surface area contributed by atoms with Gasteiger partial charge in [0.05, 0.1) is 0 Å². The zero-order chi connectivity index (χ0) is 10.2. The first-order valence-electron chi connectivity index (χ1n) is 4.60. The molecule has 3 heteroatoms. The van der Waals surface area contributed by atoms with E-state index in [-0.39, 0.29) is 17.8 Å². The minimum atomic E-state index is 0. The minimum Gasteiger partial charge on any atom is -1.00 e. The summed E-state index contributed by atoms with van der Waals surface area (Å²) in [6.07, 6.45) is 0. The molecule has 0 aromatic rings. The van der Waals surface area contributed by atoms with Gasteiger partial charge < -0.3 is 12.4 Å². The summed E-state index contributed by atoms with van der Waals surface area (Å²) in [5, 5.41) is 0. The van der Waals surface area contributed by atoms with Crippen molar-refractivity contribution >= 4 is 0 Å². The molecule has 0 spiro atoms. The monoisotopic (exact) mass is 248 g/mol. The molecule has 78 valence electrons. The van der Waals surface area contributed by atoms with Crippen molar-refractivity contribution in [3.63, 3.8) is 0 Å². The molecule has 1 aliphatic rings. The normalized spacial score (nSPS) is 20.0. The molecule has 1 rings (SSSR count). The van der Waals surface area contributed by atoms with Gasteiger partial charge >= 0.3 is 93.1 Å². The van der Waals surface area contributed by atoms with Crippen molar-refractivity contribution in [1.82, 2.24) is 0 Å². The van der Waals surface area contributed by atoms with Gasteiger partial charge in [0, 0.05) is 0 Å². The molecule has 0 N–H and O–H groups in total. The van der Waals surface area contributed by atoms with E-state index in [4.69, 9.17) is 3.32 Å². The third-order valence-corrected chi connectivity index (χ3v) is 3.71. The largest absolute Gasteiger partial charge is 1.00 e. The molecule has 0 radical (unpaired) electrons. The summed E-state index contributed by atoms with van der Waals surface area (Å²) in [5.74, 6) is 0. The molecule has 0 bridgehead atoms. The molecule has 0 aromatic heterocycles. The maximum atomic E-state index is 5.24. The first-order chi connectivity index (χ1) is 5.92. The van der Waals surface area contributed by atoms with Crippen molar-refractivity contribution in [2.24, 2.45) is 5.41 Å². The van der Waals surface area contributed by atoms with E-state index in [0.29, 0.717) is 0 Å². The number of rotatable bonds is 2. The topological polar surface area (TPSA) is 9.23 Å². The molecule has 1 aliphatic carbocycles. The summed E-state index contributed by atoms with van der Waals surface area (Å²) in [6, 6.07) is 0. The molecule has 0 aromatic carbocycles. The molecule has 14 heavy (non-hydrogen) atoms. The van der Waals surface area contributed by atoms with Gasteiger partial charge in [0.15, 0.2) is 0 Å². The van der Waals surface area contributed by atoms with Crippen LogP contribution >= 0.6 is 0 Å². The zero-order valence-electron chi connectivity index (χ0n) is 9.49. The van der Waals surface area contributed by atoms with E-state index in [9.17, 15) is 0 Å². The minimum absolute atomic E-state index is 0. The fourth-order valence-electron chi connectivity index (χ4n) is 2.03. The van der Waals surface area contributed by atoms with E-state index in [1.54, 1.807) is 20.8 Å². The maximum absolute atomic E-state index is 5.24. The van der Waals surface area contributed by atoms with E-state index in [1.807, 2.05) is 0 Å². The van der Waals surface area contributed by atoms with E-state index in [2.05, 4.69) is 34.6 Å².